The van der Waals surface area contributed by atoms with Crippen molar-refractivity contribution in [3.05, 3.63) is 72.4 Å². The number of imidazole rings is 2. The Morgan fingerprint density at radius 1 is 0.755 bits per heavy atom. The second kappa shape index (κ2) is 13.4. The van der Waals surface area contributed by atoms with Gasteiger partial charge in [-0.2, -0.15) is 0 Å². The highest BCUT2D eigenvalue weighted by molar-refractivity contribution is 5.92. The standard InChI is InChI=1S/C41H50N6O2/c1-7-32(25(4)5)41(49)47-19-8-10-36(47)38-42-23-35(45-38)31-15-14-27-20-28(12-13-29(27)21-31)30-16-17-33-34(22-30)44-39(43-33)37-11-9-18-46(37)40(48)26(6)24(2)3/h12-17,20-26,32,36-37H,7-11,18-19H2,1-6H3,(H,42,45)(H,43,44)/t26-,32-,36-,37-/m0/s1. The minimum absolute atomic E-state index is 0.000503. The minimum Gasteiger partial charge on any atom is -0.340 e. The molecular formula is C41H50N6O2. The number of nitrogens with one attached hydrogen (secondary N) is 2. The van der Waals surface area contributed by atoms with E-state index in [9.17, 15) is 9.59 Å². The van der Waals surface area contributed by atoms with Crippen LogP contribution in [0.1, 0.15) is 97.4 Å². The fourth-order valence-corrected chi connectivity index (χ4v) is 7.93. The molecule has 4 heterocycles. The summed E-state index contributed by atoms with van der Waals surface area (Å²) < 4.78 is 0. The second-order valence-corrected chi connectivity index (χ2v) is 15.0. The molecule has 2 aliphatic rings. The van der Waals surface area contributed by atoms with Crippen LogP contribution in [-0.2, 0) is 9.59 Å². The molecule has 0 spiro atoms. The first-order valence-electron chi connectivity index (χ1n) is 18.3. The highest BCUT2D eigenvalue weighted by Gasteiger charge is 2.36. The number of hydrogen-bond donors (Lipinski definition) is 2. The van der Waals surface area contributed by atoms with E-state index in [4.69, 9.17) is 9.97 Å². The van der Waals surface area contributed by atoms with Gasteiger partial charge in [-0.15, -0.1) is 0 Å². The Bertz CT molecular complexity index is 1990. The van der Waals surface area contributed by atoms with E-state index in [0.717, 1.165) is 101 Å². The monoisotopic (exact) mass is 658 g/mol. The Hall–Kier alpha value is -4.46. The SMILES string of the molecule is CC[C@H](C(=O)N1CCC[C@H]1c1ncc(-c2ccc3cc(-c4ccc5nc([C@@H]6CCCN6C(=O)[C@@H](C)C(C)C)[nH]c5c4)ccc3c2)[nH]1)C(C)C. The number of carbonyl (C=O) groups excluding carboxylic acids is 2. The van der Waals surface area contributed by atoms with Crippen LogP contribution in [0.4, 0.5) is 0 Å². The van der Waals surface area contributed by atoms with Gasteiger partial charge in [-0.05, 0) is 90.1 Å². The molecule has 256 valence electrons. The zero-order valence-corrected chi connectivity index (χ0v) is 29.8. The van der Waals surface area contributed by atoms with Crippen LogP contribution >= 0.6 is 0 Å². The number of aromatic nitrogens is 4. The number of amides is 2. The van der Waals surface area contributed by atoms with Crippen molar-refractivity contribution in [1.29, 1.82) is 0 Å². The molecule has 0 unspecified atom stereocenters. The first-order chi connectivity index (χ1) is 23.6. The summed E-state index contributed by atoms with van der Waals surface area (Å²) in [5.74, 6) is 2.95. The van der Waals surface area contributed by atoms with Crippen LogP contribution in [0, 0.1) is 23.7 Å². The van der Waals surface area contributed by atoms with E-state index in [1.165, 1.54) is 0 Å². The molecule has 8 nitrogen and oxygen atoms in total. The third kappa shape index (κ3) is 6.26. The van der Waals surface area contributed by atoms with Gasteiger partial charge in [-0.1, -0.05) is 71.9 Å². The maximum Gasteiger partial charge on any atom is 0.226 e. The van der Waals surface area contributed by atoms with Gasteiger partial charge in [-0.3, -0.25) is 9.59 Å². The van der Waals surface area contributed by atoms with Crippen LogP contribution in [0.5, 0.6) is 0 Å². The third-order valence-electron chi connectivity index (χ3n) is 11.2. The molecule has 0 saturated carbocycles. The highest BCUT2D eigenvalue weighted by atomic mass is 16.2. The van der Waals surface area contributed by atoms with Gasteiger partial charge < -0.3 is 19.8 Å². The molecule has 3 aromatic carbocycles. The van der Waals surface area contributed by atoms with Gasteiger partial charge in [0.05, 0.1) is 35.0 Å². The lowest BCUT2D eigenvalue weighted by atomic mass is 9.91. The summed E-state index contributed by atoms with van der Waals surface area (Å²) in [7, 11) is 0. The molecular weight excluding hydrogens is 608 g/mol. The number of benzene rings is 3. The third-order valence-corrected chi connectivity index (χ3v) is 11.2. The first-order valence-corrected chi connectivity index (χ1v) is 18.3. The molecule has 2 aliphatic heterocycles. The van der Waals surface area contributed by atoms with Crippen LogP contribution in [0.15, 0.2) is 60.8 Å². The summed E-state index contributed by atoms with van der Waals surface area (Å²) in [6.07, 6.45) is 6.65. The molecule has 2 N–H and O–H groups in total. The van der Waals surface area contributed by atoms with E-state index in [2.05, 4.69) is 104 Å². The summed E-state index contributed by atoms with van der Waals surface area (Å²) in [6.45, 7) is 14.2. The number of H-pyrrole nitrogens is 2. The number of fused-ring (bicyclic) bond motifs is 2. The van der Waals surface area contributed by atoms with Crippen LogP contribution in [0.25, 0.3) is 44.2 Å². The van der Waals surface area contributed by atoms with Crippen molar-refractivity contribution >= 4 is 33.6 Å². The first kappa shape index (κ1) is 33.1. The molecule has 5 aromatic rings. The molecule has 0 radical (unpaired) electrons. The zero-order valence-electron chi connectivity index (χ0n) is 29.8. The topological polar surface area (TPSA) is 98.0 Å². The van der Waals surface area contributed by atoms with E-state index in [0.29, 0.717) is 11.8 Å². The van der Waals surface area contributed by atoms with Crippen molar-refractivity contribution in [2.75, 3.05) is 13.1 Å². The minimum atomic E-state index is 0.000503. The molecule has 7 rings (SSSR count). The molecule has 2 aromatic heterocycles. The lowest BCUT2D eigenvalue weighted by Gasteiger charge is -2.29. The van der Waals surface area contributed by atoms with Gasteiger partial charge >= 0.3 is 0 Å². The Balaban J connectivity index is 1.09. The lowest BCUT2D eigenvalue weighted by Crippen LogP contribution is -2.37. The Morgan fingerprint density at radius 2 is 1.37 bits per heavy atom. The normalized spacial score (nSPS) is 19.5. The van der Waals surface area contributed by atoms with Gasteiger partial charge in [0.15, 0.2) is 0 Å². The average molecular weight is 659 g/mol. The molecule has 4 atom stereocenters. The molecule has 0 bridgehead atoms. The van der Waals surface area contributed by atoms with Crippen LogP contribution in [-0.4, -0.2) is 54.6 Å². The molecule has 2 amide bonds. The van der Waals surface area contributed by atoms with Crippen molar-refractivity contribution in [3.8, 4) is 22.4 Å². The number of nitrogens with zero attached hydrogens (tertiary/aromatic N) is 4. The number of rotatable bonds is 9. The number of hydrogen-bond acceptors (Lipinski definition) is 4. The van der Waals surface area contributed by atoms with E-state index < -0.39 is 0 Å². The smallest absolute Gasteiger partial charge is 0.226 e. The predicted octanol–water partition coefficient (Wildman–Crippen LogP) is 9.07. The van der Waals surface area contributed by atoms with E-state index >= 15 is 0 Å². The van der Waals surface area contributed by atoms with E-state index in [1.54, 1.807) is 0 Å². The van der Waals surface area contributed by atoms with Gasteiger partial charge in [0.25, 0.3) is 0 Å². The van der Waals surface area contributed by atoms with E-state index in [-0.39, 0.29) is 35.7 Å². The maximum absolute atomic E-state index is 13.4. The summed E-state index contributed by atoms with van der Waals surface area (Å²) in [5.41, 5.74) is 6.23. The fraction of sp³-hybridized carbons (Fsp3) is 0.463. The number of carbonyl (C=O) groups is 2. The van der Waals surface area contributed by atoms with Gasteiger partial charge in [0.2, 0.25) is 11.8 Å². The largest absolute Gasteiger partial charge is 0.340 e. The van der Waals surface area contributed by atoms with Crippen molar-refractivity contribution in [2.45, 2.75) is 85.7 Å². The summed E-state index contributed by atoms with van der Waals surface area (Å²) >= 11 is 0. The van der Waals surface area contributed by atoms with Crippen molar-refractivity contribution in [3.63, 3.8) is 0 Å². The Labute approximate surface area is 289 Å². The second-order valence-electron chi connectivity index (χ2n) is 15.0. The van der Waals surface area contributed by atoms with Gasteiger partial charge in [0, 0.05) is 30.5 Å². The molecule has 2 saturated heterocycles. The predicted molar refractivity (Wildman–Crippen MR) is 197 cm³/mol. The number of likely N-dealkylation sites (tertiary alicyclic amines) is 2. The van der Waals surface area contributed by atoms with Gasteiger partial charge in [0.1, 0.15) is 11.6 Å². The lowest BCUT2D eigenvalue weighted by molar-refractivity contribution is -0.138. The van der Waals surface area contributed by atoms with Crippen molar-refractivity contribution in [1.82, 2.24) is 29.7 Å². The quantitative estimate of drug-likeness (QED) is 0.165. The highest BCUT2D eigenvalue weighted by Crippen LogP contribution is 2.37. The molecule has 49 heavy (non-hydrogen) atoms. The Kier molecular flexibility index (Phi) is 9.07. The zero-order chi connectivity index (χ0) is 34.4. The van der Waals surface area contributed by atoms with Gasteiger partial charge in [-0.25, -0.2) is 9.97 Å². The van der Waals surface area contributed by atoms with Crippen molar-refractivity contribution < 1.29 is 9.59 Å². The molecule has 0 aliphatic carbocycles. The Morgan fingerprint density at radius 3 is 2.04 bits per heavy atom. The van der Waals surface area contributed by atoms with Crippen molar-refractivity contribution in [2.24, 2.45) is 23.7 Å². The van der Waals surface area contributed by atoms with Crippen LogP contribution in [0.2, 0.25) is 0 Å². The summed E-state index contributed by atoms with van der Waals surface area (Å²) in [6, 6.07) is 19.5. The van der Waals surface area contributed by atoms with Crippen LogP contribution in [0.3, 0.4) is 0 Å². The molecule has 8 heteroatoms. The maximum atomic E-state index is 13.4. The fourth-order valence-electron chi connectivity index (χ4n) is 7.93. The summed E-state index contributed by atoms with van der Waals surface area (Å²) in [5, 5.41) is 2.32. The van der Waals surface area contributed by atoms with Crippen LogP contribution < -0.4 is 0 Å². The van der Waals surface area contributed by atoms with E-state index in [1.807, 2.05) is 18.0 Å². The average Bonchev–Trinajstić information content (AvgIpc) is 3.92. The summed E-state index contributed by atoms with van der Waals surface area (Å²) in [4.78, 5) is 47.6. The number of aromatic amines is 2. The molecule has 2 fully saturated rings.